The first kappa shape index (κ1) is 11.4. The summed E-state index contributed by atoms with van der Waals surface area (Å²) in [5, 5.41) is 0. The zero-order valence-corrected chi connectivity index (χ0v) is 9.95. The molecule has 1 saturated heterocycles. The van der Waals surface area contributed by atoms with Crippen molar-refractivity contribution in [1.82, 2.24) is 9.80 Å². The number of hydrogen-bond acceptors (Lipinski definition) is 2. The van der Waals surface area contributed by atoms with Gasteiger partial charge in [-0.05, 0) is 32.1 Å². The third kappa shape index (κ3) is 2.74. The molecule has 4 nitrogen and oxygen atoms in total. The lowest BCUT2D eigenvalue weighted by Crippen LogP contribution is -2.44. The van der Waals surface area contributed by atoms with Crippen LogP contribution in [-0.2, 0) is 9.59 Å². The first-order valence-corrected chi connectivity index (χ1v) is 6.23. The summed E-state index contributed by atoms with van der Waals surface area (Å²) in [7, 11) is 0. The monoisotopic (exact) mass is 224 g/mol. The highest BCUT2D eigenvalue weighted by atomic mass is 16.2. The second-order valence-corrected chi connectivity index (χ2v) is 4.82. The summed E-state index contributed by atoms with van der Waals surface area (Å²) in [5.74, 6) is 0.162. The average molecular weight is 224 g/mol. The lowest BCUT2D eigenvalue weighted by atomic mass is 10.1. The molecule has 90 valence electrons. The van der Waals surface area contributed by atoms with Gasteiger partial charge in [0.1, 0.15) is 0 Å². The smallest absolute Gasteiger partial charge is 0.242 e. The quantitative estimate of drug-likeness (QED) is 0.718. The van der Waals surface area contributed by atoms with E-state index in [4.69, 9.17) is 0 Å². The molecule has 1 heterocycles. The minimum atomic E-state index is 0.0351. The van der Waals surface area contributed by atoms with Crippen LogP contribution in [0.25, 0.3) is 0 Å². The van der Waals surface area contributed by atoms with Gasteiger partial charge in [0.15, 0.2) is 0 Å². The van der Waals surface area contributed by atoms with Gasteiger partial charge in [-0.3, -0.25) is 9.59 Å². The van der Waals surface area contributed by atoms with Crippen LogP contribution < -0.4 is 0 Å². The number of carbonyl (C=O) groups is 2. The molecular formula is C12H20N2O2. The van der Waals surface area contributed by atoms with Gasteiger partial charge in [0.25, 0.3) is 0 Å². The molecule has 2 fully saturated rings. The lowest BCUT2D eigenvalue weighted by molar-refractivity contribution is -0.140. The zero-order chi connectivity index (χ0) is 11.5. The highest BCUT2D eigenvalue weighted by molar-refractivity contribution is 5.84. The molecule has 0 aromatic rings. The Morgan fingerprint density at radius 2 is 1.81 bits per heavy atom. The Hall–Kier alpha value is -1.06. The van der Waals surface area contributed by atoms with Crippen molar-refractivity contribution in [2.45, 2.75) is 45.1 Å². The van der Waals surface area contributed by atoms with E-state index in [9.17, 15) is 9.59 Å². The molecule has 1 aliphatic carbocycles. The van der Waals surface area contributed by atoms with Gasteiger partial charge in [0.05, 0.1) is 6.54 Å². The van der Waals surface area contributed by atoms with E-state index in [1.165, 1.54) is 6.42 Å². The first-order valence-electron chi connectivity index (χ1n) is 6.23. The normalized spacial score (nSPS) is 20.7. The Morgan fingerprint density at radius 3 is 2.31 bits per heavy atom. The molecule has 1 saturated carbocycles. The summed E-state index contributed by atoms with van der Waals surface area (Å²) in [6.07, 6.45) is 5.56. The fourth-order valence-electron chi connectivity index (χ4n) is 2.27. The Balaban J connectivity index is 1.86. The highest BCUT2D eigenvalue weighted by Gasteiger charge is 2.33. The summed E-state index contributed by atoms with van der Waals surface area (Å²) < 4.78 is 0. The molecule has 2 amide bonds. The zero-order valence-electron chi connectivity index (χ0n) is 9.95. The van der Waals surface area contributed by atoms with Crippen molar-refractivity contribution in [2.75, 3.05) is 19.6 Å². The third-order valence-corrected chi connectivity index (χ3v) is 3.41. The van der Waals surface area contributed by atoms with Gasteiger partial charge in [-0.25, -0.2) is 0 Å². The Labute approximate surface area is 96.6 Å². The molecule has 16 heavy (non-hydrogen) atoms. The SMILES string of the molecule is CC(=O)N(CC(=O)N1CCCCC1)C1CC1. The number of piperidine rings is 1. The summed E-state index contributed by atoms with van der Waals surface area (Å²) in [6, 6.07) is 0.339. The van der Waals surface area contributed by atoms with Crippen LogP contribution in [0.4, 0.5) is 0 Å². The maximum atomic E-state index is 12.0. The molecule has 1 aliphatic heterocycles. The van der Waals surface area contributed by atoms with Crippen molar-refractivity contribution < 1.29 is 9.59 Å². The van der Waals surface area contributed by atoms with E-state index in [0.717, 1.165) is 38.8 Å². The molecule has 2 rings (SSSR count). The fourth-order valence-corrected chi connectivity index (χ4v) is 2.27. The maximum absolute atomic E-state index is 12.0. The van der Waals surface area contributed by atoms with Crippen molar-refractivity contribution in [3.8, 4) is 0 Å². The van der Waals surface area contributed by atoms with Gasteiger partial charge in [0.2, 0.25) is 11.8 Å². The van der Waals surface area contributed by atoms with Gasteiger partial charge in [-0.1, -0.05) is 0 Å². The summed E-state index contributed by atoms with van der Waals surface area (Å²) in [4.78, 5) is 27.0. The second kappa shape index (κ2) is 4.85. The van der Waals surface area contributed by atoms with Crippen molar-refractivity contribution in [1.29, 1.82) is 0 Å². The fraction of sp³-hybridized carbons (Fsp3) is 0.833. The van der Waals surface area contributed by atoms with E-state index < -0.39 is 0 Å². The molecule has 0 bridgehead atoms. The molecular weight excluding hydrogens is 204 g/mol. The molecule has 0 aromatic heterocycles. The van der Waals surface area contributed by atoms with Crippen LogP contribution >= 0.6 is 0 Å². The first-order chi connectivity index (χ1) is 7.68. The lowest BCUT2D eigenvalue weighted by Gasteiger charge is -2.29. The summed E-state index contributed by atoms with van der Waals surface area (Å²) in [5.41, 5.74) is 0. The molecule has 0 radical (unpaired) electrons. The number of nitrogens with zero attached hydrogens (tertiary/aromatic N) is 2. The van der Waals surface area contributed by atoms with Gasteiger partial charge >= 0.3 is 0 Å². The Kier molecular flexibility index (Phi) is 3.46. The largest absolute Gasteiger partial charge is 0.341 e. The Morgan fingerprint density at radius 1 is 1.19 bits per heavy atom. The van der Waals surface area contributed by atoms with Crippen molar-refractivity contribution >= 4 is 11.8 Å². The van der Waals surface area contributed by atoms with Crippen molar-refractivity contribution in [2.24, 2.45) is 0 Å². The number of hydrogen-bond donors (Lipinski definition) is 0. The van der Waals surface area contributed by atoms with E-state index in [1.807, 2.05) is 4.90 Å². The van der Waals surface area contributed by atoms with Crippen molar-refractivity contribution in [3.63, 3.8) is 0 Å². The predicted molar refractivity (Wildman–Crippen MR) is 60.8 cm³/mol. The van der Waals surface area contributed by atoms with E-state index in [0.29, 0.717) is 12.6 Å². The van der Waals surface area contributed by atoms with Crippen LogP contribution in [0.2, 0.25) is 0 Å². The number of rotatable bonds is 3. The van der Waals surface area contributed by atoms with E-state index in [1.54, 1.807) is 11.8 Å². The minimum Gasteiger partial charge on any atom is -0.341 e. The minimum absolute atomic E-state index is 0.0351. The van der Waals surface area contributed by atoms with Gasteiger partial charge in [-0.2, -0.15) is 0 Å². The molecule has 0 spiro atoms. The van der Waals surface area contributed by atoms with Gasteiger partial charge in [-0.15, -0.1) is 0 Å². The molecule has 2 aliphatic rings. The number of carbonyl (C=O) groups excluding carboxylic acids is 2. The summed E-state index contributed by atoms with van der Waals surface area (Å²) >= 11 is 0. The van der Waals surface area contributed by atoms with Crippen LogP contribution in [0.5, 0.6) is 0 Å². The van der Waals surface area contributed by atoms with E-state index in [2.05, 4.69) is 0 Å². The van der Waals surface area contributed by atoms with E-state index >= 15 is 0 Å². The van der Waals surface area contributed by atoms with Crippen LogP contribution in [-0.4, -0.2) is 47.3 Å². The van der Waals surface area contributed by atoms with Crippen LogP contribution in [0.15, 0.2) is 0 Å². The predicted octanol–water partition coefficient (Wildman–Crippen LogP) is 1.01. The molecule has 0 unspecified atom stereocenters. The molecule has 0 aromatic carbocycles. The van der Waals surface area contributed by atoms with Gasteiger partial charge < -0.3 is 9.80 Å². The number of likely N-dealkylation sites (tertiary alicyclic amines) is 1. The van der Waals surface area contributed by atoms with E-state index in [-0.39, 0.29) is 11.8 Å². The van der Waals surface area contributed by atoms with Crippen LogP contribution in [0.3, 0.4) is 0 Å². The Bertz CT molecular complexity index is 281. The average Bonchev–Trinajstić information content (AvgIpc) is 3.10. The van der Waals surface area contributed by atoms with Crippen LogP contribution in [0, 0.1) is 0 Å². The molecule has 0 atom stereocenters. The maximum Gasteiger partial charge on any atom is 0.242 e. The summed E-state index contributed by atoms with van der Waals surface area (Å²) in [6.45, 7) is 3.59. The standard InChI is InChI=1S/C12H20N2O2/c1-10(15)14(11-5-6-11)9-12(16)13-7-3-2-4-8-13/h11H,2-9H2,1H3. The molecule has 4 heteroatoms. The molecule has 0 N–H and O–H groups in total. The second-order valence-electron chi connectivity index (χ2n) is 4.82. The van der Waals surface area contributed by atoms with Crippen molar-refractivity contribution in [3.05, 3.63) is 0 Å². The number of amides is 2. The van der Waals surface area contributed by atoms with Crippen LogP contribution in [0.1, 0.15) is 39.0 Å². The highest BCUT2D eigenvalue weighted by Crippen LogP contribution is 2.26. The van der Waals surface area contributed by atoms with Gasteiger partial charge in [0, 0.05) is 26.1 Å². The third-order valence-electron chi connectivity index (χ3n) is 3.41. The topological polar surface area (TPSA) is 40.6 Å².